The van der Waals surface area contributed by atoms with Gasteiger partial charge in [-0.25, -0.2) is 4.98 Å². The summed E-state index contributed by atoms with van der Waals surface area (Å²) >= 11 is 0. The lowest BCUT2D eigenvalue weighted by molar-refractivity contribution is -0.0183. The van der Waals surface area contributed by atoms with Crippen LogP contribution in [0.1, 0.15) is 43.0 Å². The van der Waals surface area contributed by atoms with Crippen molar-refractivity contribution in [2.45, 2.75) is 51.9 Å². The standard InChI is InChI=1S/C17H24N4O/c1-3-21-9-8-18-17(21)16-15(5-4-10-22-16)20-12-14-7-6-13(2)11-19-14/h6-9,11,15-16,20H,3-5,10,12H2,1-2H3/t15-,16-/m0/s1. The number of hydrogen-bond acceptors (Lipinski definition) is 4. The molecule has 0 unspecified atom stereocenters. The van der Waals surface area contributed by atoms with Crippen molar-refractivity contribution >= 4 is 0 Å². The summed E-state index contributed by atoms with van der Waals surface area (Å²) in [6, 6.07) is 4.46. The number of rotatable bonds is 5. The molecule has 0 amide bonds. The van der Waals surface area contributed by atoms with Crippen molar-refractivity contribution in [3.63, 3.8) is 0 Å². The smallest absolute Gasteiger partial charge is 0.139 e. The first kappa shape index (κ1) is 15.2. The molecule has 0 aliphatic carbocycles. The summed E-state index contributed by atoms with van der Waals surface area (Å²) in [6.45, 7) is 6.67. The number of ether oxygens (including phenoxy) is 1. The highest BCUT2D eigenvalue weighted by molar-refractivity contribution is 5.12. The van der Waals surface area contributed by atoms with E-state index in [1.54, 1.807) is 0 Å². The summed E-state index contributed by atoms with van der Waals surface area (Å²) in [5.41, 5.74) is 2.25. The van der Waals surface area contributed by atoms with Crippen molar-refractivity contribution in [1.29, 1.82) is 0 Å². The molecule has 118 valence electrons. The second-order valence-electron chi connectivity index (χ2n) is 5.82. The minimum atomic E-state index is 0.0224. The molecular formula is C17H24N4O. The van der Waals surface area contributed by atoms with E-state index in [9.17, 15) is 0 Å². The molecule has 1 saturated heterocycles. The molecule has 1 aliphatic heterocycles. The Hall–Kier alpha value is -1.72. The van der Waals surface area contributed by atoms with E-state index >= 15 is 0 Å². The molecule has 0 radical (unpaired) electrons. The van der Waals surface area contributed by atoms with Gasteiger partial charge in [0.1, 0.15) is 11.9 Å². The SMILES string of the molecule is CCn1ccnc1[C@H]1OCCC[C@@H]1NCc1ccc(C)cn1. The molecule has 5 heteroatoms. The van der Waals surface area contributed by atoms with Gasteiger partial charge in [-0.3, -0.25) is 4.98 Å². The van der Waals surface area contributed by atoms with E-state index in [1.165, 1.54) is 5.56 Å². The molecule has 1 fully saturated rings. The van der Waals surface area contributed by atoms with Gasteiger partial charge in [-0.2, -0.15) is 0 Å². The van der Waals surface area contributed by atoms with Crippen molar-refractivity contribution in [2.24, 2.45) is 0 Å². The van der Waals surface area contributed by atoms with Crippen LogP contribution in [0, 0.1) is 6.92 Å². The molecule has 2 aromatic rings. The van der Waals surface area contributed by atoms with E-state index in [0.29, 0.717) is 0 Å². The highest BCUT2D eigenvalue weighted by atomic mass is 16.5. The Bertz CT molecular complexity index is 593. The maximum absolute atomic E-state index is 6.02. The van der Waals surface area contributed by atoms with E-state index in [-0.39, 0.29) is 12.1 Å². The average molecular weight is 300 g/mol. The second kappa shape index (κ2) is 7.03. The highest BCUT2D eigenvalue weighted by Crippen LogP contribution is 2.27. The molecular weight excluding hydrogens is 276 g/mol. The molecule has 0 spiro atoms. The molecule has 1 N–H and O–H groups in total. The summed E-state index contributed by atoms with van der Waals surface area (Å²) in [5.74, 6) is 1.02. The van der Waals surface area contributed by atoms with Crippen LogP contribution in [0.15, 0.2) is 30.7 Å². The Morgan fingerprint density at radius 1 is 1.36 bits per heavy atom. The van der Waals surface area contributed by atoms with Crippen molar-refractivity contribution in [2.75, 3.05) is 6.61 Å². The van der Waals surface area contributed by atoms with Gasteiger partial charge in [0.05, 0.1) is 5.69 Å². The van der Waals surface area contributed by atoms with Gasteiger partial charge in [0, 0.05) is 44.3 Å². The van der Waals surface area contributed by atoms with Crippen LogP contribution in [-0.4, -0.2) is 27.2 Å². The molecule has 2 atom stereocenters. The van der Waals surface area contributed by atoms with Gasteiger partial charge in [0.15, 0.2) is 0 Å². The molecule has 5 nitrogen and oxygen atoms in total. The lowest BCUT2D eigenvalue weighted by Gasteiger charge is -2.32. The molecule has 2 aromatic heterocycles. The number of nitrogens with zero attached hydrogens (tertiary/aromatic N) is 3. The first-order chi connectivity index (χ1) is 10.8. The van der Waals surface area contributed by atoms with Crippen LogP contribution in [-0.2, 0) is 17.8 Å². The van der Waals surface area contributed by atoms with Crippen molar-refractivity contribution in [3.8, 4) is 0 Å². The maximum Gasteiger partial charge on any atom is 0.139 e. The van der Waals surface area contributed by atoms with E-state index in [4.69, 9.17) is 4.74 Å². The van der Waals surface area contributed by atoms with Crippen LogP contribution >= 0.6 is 0 Å². The van der Waals surface area contributed by atoms with Gasteiger partial charge in [-0.05, 0) is 38.3 Å². The zero-order valence-electron chi connectivity index (χ0n) is 13.3. The minimum absolute atomic E-state index is 0.0224. The number of nitrogens with one attached hydrogen (secondary N) is 1. The average Bonchev–Trinajstić information content (AvgIpc) is 3.03. The Morgan fingerprint density at radius 2 is 2.27 bits per heavy atom. The summed E-state index contributed by atoms with van der Waals surface area (Å²) in [4.78, 5) is 8.97. The van der Waals surface area contributed by atoms with Crippen molar-refractivity contribution < 1.29 is 4.74 Å². The van der Waals surface area contributed by atoms with Crippen LogP contribution in [0.2, 0.25) is 0 Å². The first-order valence-corrected chi connectivity index (χ1v) is 8.05. The van der Waals surface area contributed by atoms with Crippen LogP contribution < -0.4 is 5.32 Å². The molecule has 22 heavy (non-hydrogen) atoms. The van der Waals surface area contributed by atoms with Crippen LogP contribution in [0.25, 0.3) is 0 Å². The third kappa shape index (κ3) is 3.36. The van der Waals surface area contributed by atoms with Gasteiger partial charge in [-0.15, -0.1) is 0 Å². The van der Waals surface area contributed by atoms with Gasteiger partial charge >= 0.3 is 0 Å². The van der Waals surface area contributed by atoms with Gasteiger partial charge in [0.25, 0.3) is 0 Å². The monoisotopic (exact) mass is 300 g/mol. The van der Waals surface area contributed by atoms with Crippen LogP contribution in [0.3, 0.4) is 0 Å². The lowest BCUT2D eigenvalue weighted by Crippen LogP contribution is -2.40. The molecule has 3 rings (SSSR count). The van der Waals surface area contributed by atoms with E-state index in [0.717, 1.165) is 44.1 Å². The molecule has 0 saturated carbocycles. The predicted octanol–water partition coefficient (Wildman–Crippen LogP) is 2.62. The minimum Gasteiger partial charge on any atom is -0.369 e. The number of imidazole rings is 1. The summed E-state index contributed by atoms with van der Waals surface area (Å²) < 4.78 is 8.18. The fourth-order valence-electron chi connectivity index (χ4n) is 2.93. The molecule has 0 aromatic carbocycles. The summed E-state index contributed by atoms with van der Waals surface area (Å²) in [5, 5.41) is 3.61. The lowest BCUT2D eigenvalue weighted by atomic mass is 10.0. The highest BCUT2D eigenvalue weighted by Gasteiger charge is 2.30. The van der Waals surface area contributed by atoms with E-state index in [2.05, 4.69) is 45.8 Å². The van der Waals surface area contributed by atoms with Crippen molar-refractivity contribution in [1.82, 2.24) is 19.9 Å². The van der Waals surface area contributed by atoms with E-state index in [1.807, 2.05) is 18.6 Å². The molecule has 3 heterocycles. The normalized spacial score (nSPS) is 21.9. The zero-order valence-corrected chi connectivity index (χ0v) is 13.3. The van der Waals surface area contributed by atoms with Gasteiger partial charge < -0.3 is 14.6 Å². The van der Waals surface area contributed by atoms with E-state index < -0.39 is 0 Å². The largest absolute Gasteiger partial charge is 0.369 e. The second-order valence-corrected chi connectivity index (χ2v) is 5.82. The summed E-state index contributed by atoms with van der Waals surface area (Å²) in [7, 11) is 0. The zero-order chi connectivity index (χ0) is 15.4. The quantitative estimate of drug-likeness (QED) is 0.922. The first-order valence-electron chi connectivity index (χ1n) is 8.05. The molecule has 1 aliphatic rings. The third-order valence-electron chi connectivity index (χ3n) is 4.18. The number of pyridine rings is 1. The topological polar surface area (TPSA) is 52.0 Å². The Labute approximate surface area is 131 Å². The van der Waals surface area contributed by atoms with Gasteiger partial charge in [0.2, 0.25) is 0 Å². The van der Waals surface area contributed by atoms with Crippen molar-refractivity contribution in [3.05, 3.63) is 47.8 Å². The Morgan fingerprint density at radius 3 is 3.05 bits per heavy atom. The van der Waals surface area contributed by atoms with Crippen LogP contribution in [0.4, 0.5) is 0 Å². The Kier molecular flexibility index (Phi) is 4.85. The molecule has 0 bridgehead atoms. The fraction of sp³-hybridized carbons (Fsp3) is 0.529. The maximum atomic E-state index is 6.02. The summed E-state index contributed by atoms with van der Waals surface area (Å²) in [6.07, 6.45) is 8.00. The number of hydrogen-bond donors (Lipinski definition) is 1. The number of aromatic nitrogens is 3. The third-order valence-corrected chi connectivity index (χ3v) is 4.18. The fourth-order valence-corrected chi connectivity index (χ4v) is 2.93. The van der Waals surface area contributed by atoms with Gasteiger partial charge in [-0.1, -0.05) is 6.07 Å². The predicted molar refractivity (Wildman–Crippen MR) is 85.4 cm³/mol. The number of aryl methyl sites for hydroxylation is 2. The Balaban J connectivity index is 1.69. The van der Waals surface area contributed by atoms with Crippen LogP contribution in [0.5, 0.6) is 0 Å².